The molecule has 2 fully saturated rings. The molecule has 0 spiro atoms. The lowest BCUT2D eigenvalue weighted by Gasteiger charge is -2.26. The Kier molecular flexibility index (Phi) is 7.18. The zero-order valence-corrected chi connectivity index (χ0v) is 20.1. The molecule has 11 heteroatoms. The van der Waals surface area contributed by atoms with Crippen LogP contribution in [0.3, 0.4) is 0 Å². The molecule has 0 unspecified atom stereocenters. The van der Waals surface area contributed by atoms with Gasteiger partial charge in [0.1, 0.15) is 0 Å². The molecule has 9 nitrogen and oxygen atoms in total. The van der Waals surface area contributed by atoms with Crippen molar-refractivity contribution in [2.75, 3.05) is 46.2 Å². The molecular weight excluding hydrogens is 450 g/mol. The van der Waals surface area contributed by atoms with Crippen LogP contribution in [0, 0.1) is 0 Å². The summed E-state index contributed by atoms with van der Waals surface area (Å²) in [6.07, 6.45) is 4.31. The molecule has 0 N–H and O–H groups in total. The second-order valence-electron chi connectivity index (χ2n) is 8.24. The predicted octanol–water partition coefficient (Wildman–Crippen LogP) is 2.26. The van der Waals surface area contributed by atoms with Crippen molar-refractivity contribution in [2.45, 2.75) is 41.8 Å². The van der Waals surface area contributed by atoms with Gasteiger partial charge in [0.25, 0.3) is 0 Å². The molecule has 1 saturated heterocycles. The van der Waals surface area contributed by atoms with Crippen LogP contribution >= 0.6 is 11.8 Å². The minimum atomic E-state index is -3.61. The maximum Gasteiger partial charge on any atom is 0.243 e. The van der Waals surface area contributed by atoms with E-state index in [1.54, 1.807) is 37.2 Å². The number of benzene rings is 1. The number of ether oxygens (including phenoxy) is 1. The summed E-state index contributed by atoms with van der Waals surface area (Å²) in [7, 11) is -0.143. The third-order valence-electron chi connectivity index (χ3n) is 5.88. The van der Waals surface area contributed by atoms with Crippen LogP contribution in [0.15, 0.2) is 34.3 Å². The average Bonchev–Trinajstić information content (AvgIpc) is 3.47. The quantitative estimate of drug-likeness (QED) is 0.562. The second-order valence-corrected chi connectivity index (χ2v) is 11.1. The summed E-state index contributed by atoms with van der Waals surface area (Å²) in [6.45, 7) is 1.51. The molecular formula is C21H29N5O4S2. The predicted molar refractivity (Wildman–Crippen MR) is 122 cm³/mol. The lowest BCUT2D eigenvalue weighted by atomic mass is 10.2. The normalized spacial score (nSPS) is 18.2. The Bertz CT molecular complexity index is 1060. The molecule has 1 aromatic carbocycles. The van der Waals surface area contributed by atoms with E-state index in [2.05, 4.69) is 14.8 Å². The Balaban J connectivity index is 1.67. The van der Waals surface area contributed by atoms with E-state index in [9.17, 15) is 13.2 Å². The molecule has 2 aliphatic rings. The van der Waals surface area contributed by atoms with E-state index in [0.717, 1.165) is 25.7 Å². The first-order valence-electron chi connectivity index (χ1n) is 10.8. The molecule has 4 rings (SSSR count). The SMILES string of the molecule is CN(C)C(=O)CSc1nnc(-c2cccc(S(=O)(=O)N3CCOCC3)c2)n1C1CCCC1. The first-order valence-corrected chi connectivity index (χ1v) is 13.3. The van der Waals surface area contributed by atoms with Gasteiger partial charge < -0.3 is 9.64 Å². The molecule has 1 aliphatic heterocycles. The van der Waals surface area contributed by atoms with Crippen LogP contribution in [0.4, 0.5) is 0 Å². The molecule has 0 bridgehead atoms. The Labute approximate surface area is 193 Å². The lowest BCUT2D eigenvalue weighted by molar-refractivity contribution is -0.125. The van der Waals surface area contributed by atoms with Crippen LogP contribution in [-0.4, -0.2) is 84.4 Å². The third kappa shape index (κ3) is 4.85. The Morgan fingerprint density at radius 2 is 1.91 bits per heavy atom. The summed E-state index contributed by atoms with van der Waals surface area (Å²) in [4.78, 5) is 13.9. The summed E-state index contributed by atoms with van der Waals surface area (Å²) < 4.78 is 35.1. The molecule has 32 heavy (non-hydrogen) atoms. The van der Waals surface area contributed by atoms with Gasteiger partial charge in [-0.15, -0.1) is 10.2 Å². The van der Waals surface area contributed by atoms with Crippen molar-refractivity contribution >= 4 is 27.7 Å². The summed E-state index contributed by atoms with van der Waals surface area (Å²) in [6, 6.07) is 7.16. The van der Waals surface area contributed by atoms with E-state index in [-0.39, 0.29) is 22.6 Å². The van der Waals surface area contributed by atoms with Crippen LogP contribution in [0.1, 0.15) is 31.7 Å². The zero-order chi connectivity index (χ0) is 22.7. The van der Waals surface area contributed by atoms with Crippen molar-refractivity contribution in [2.24, 2.45) is 0 Å². The van der Waals surface area contributed by atoms with Crippen molar-refractivity contribution in [1.29, 1.82) is 0 Å². The minimum Gasteiger partial charge on any atom is -0.379 e. The number of hydrogen-bond acceptors (Lipinski definition) is 7. The number of carbonyl (C=O) groups excluding carboxylic acids is 1. The highest BCUT2D eigenvalue weighted by Gasteiger charge is 2.29. The lowest BCUT2D eigenvalue weighted by Crippen LogP contribution is -2.40. The van der Waals surface area contributed by atoms with Gasteiger partial charge in [-0.3, -0.25) is 9.36 Å². The summed E-state index contributed by atoms with van der Waals surface area (Å²) >= 11 is 1.38. The highest BCUT2D eigenvalue weighted by molar-refractivity contribution is 7.99. The smallest absolute Gasteiger partial charge is 0.243 e. The van der Waals surface area contributed by atoms with Crippen molar-refractivity contribution in [1.82, 2.24) is 24.0 Å². The van der Waals surface area contributed by atoms with Crippen molar-refractivity contribution in [3.63, 3.8) is 0 Å². The topological polar surface area (TPSA) is 97.6 Å². The fourth-order valence-corrected chi connectivity index (χ4v) is 6.49. The largest absolute Gasteiger partial charge is 0.379 e. The van der Waals surface area contributed by atoms with Gasteiger partial charge in [0.2, 0.25) is 15.9 Å². The van der Waals surface area contributed by atoms with Gasteiger partial charge in [-0.1, -0.05) is 36.7 Å². The number of morpholine rings is 1. The van der Waals surface area contributed by atoms with E-state index < -0.39 is 10.0 Å². The van der Waals surface area contributed by atoms with E-state index in [1.807, 2.05) is 6.07 Å². The maximum absolute atomic E-state index is 13.1. The first kappa shape index (κ1) is 23.2. The molecule has 1 aliphatic carbocycles. The van der Waals surface area contributed by atoms with Gasteiger partial charge >= 0.3 is 0 Å². The molecule has 2 heterocycles. The molecule has 1 saturated carbocycles. The number of hydrogen-bond donors (Lipinski definition) is 0. The average molecular weight is 480 g/mol. The fraction of sp³-hybridized carbons (Fsp3) is 0.571. The zero-order valence-electron chi connectivity index (χ0n) is 18.4. The number of amides is 1. The second kappa shape index (κ2) is 9.90. The standard InChI is InChI=1S/C21H29N5O4S2/c1-24(2)19(27)15-31-21-23-22-20(26(21)17-7-3-4-8-17)16-6-5-9-18(14-16)32(28,29)25-10-12-30-13-11-25/h5-6,9,14,17H,3-4,7-8,10-13,15H2,1-2H3. The number of aromatic nitrogens is 3. The van der Waals surface area contributed by atoms with Gasteiger partial charge in [0, 0.05) is 38.8 Å². The highest BCUT2D eigenvalue weighted by atomic mass is 32.2. The molecule has 0 radical (unpaired) electrons. The summed E-state index contributed by atoms with van der Waals surface area (Å²) in [5.74, 6) is 0.940. The molecule has 1 amide bonds. The molecule has 2 aromatic rings. The van der Waals surface area contributed by atoms with Gasteiger partial charge in [0.05, 0.1) is 23.9 Å². The number of rotatable bonds is 7. The van der Waals surface area contributed by atoms with Crippen LogP contribution in [0.2, 0.25) is 0 Å². The molecule has 0 atom stereocenters. The van der Waals surface area contributed by atoms with E-state index in [0.29, 0.717) is 42.8 Å². The minimum absolute atomic E-state index is 0.0103. The van der Waals surface area contributed by atoms with Crippen LogP contribution in [0.25, 0.3) is 11.4 Å². The summed E-state index contributed by atoms with van der Waals surface area (Å²) in [5, 5.41) is 9.50. The van der Waals surface area contributed by atoms with E-state index >= 15 is 0 Å². The maximum atomic E-state index is 13.1. The van der Waals surface area contributed by atoms with Gasteiger partial charge in [-0.2, -0.15) is 4.31 Å². The monoisotopic (exact) mass is 479 g/mol. The van der Waals surface area contributed by atoms with Crippen LogP contribution < -0.4 is 0 Å². The van der Waals surface area contributed by atoms with Crippen molar-refractivity contribution < 1.29 is 17.9 Å². The Hall–Kier alpha value is -1.95. The number of sulfonamides is 1. The van der Waals surface area contributed by atoms with E-state index in [4.69, 9.17) is 4.74 Å². The van der Waals surface area contributed by atoms with Gasteiger partial charge in [0.15, 0.2) is 11.0 Å². The van der Waals surface area contributed by atoms with Gasteiger partial charge in [-0.05, 0) is 25.0 Å². The fourth-order valence-electron chi connectivity index (χ4n) is 4.05. The molecule has 174 valence electrons. The summed E-state index contributed by atoms with van der Waals surface area (Å²) in [5.41, 5.74) is 0.713. The Morgan fingerprint density at radius 1 is 1.19 bits per heavy atom. The van der Waals surface area contributed by atoms with Gasteiger partial charge in [-0.25, -0.2) is 8.42 Å². The number of carbonyl (C=O) groups is 1. The highest BCUT2D eigenvalue weighted by Crippen LogP contribution is 2.37. The number of nitrogens with zero attached hydrogens (tertiary/aromatic N) is 5. The first-order chi connectivity index (χ1) is 15.4. The molecule has 1 aromatic heterocycles. The number of thioether (sulfide) groups is 1. The van der Waals surface area contributed by atoms with Crippen molar-refractivity contribution in [3.05, 3.63) is 24.3 Å². The van der Waals surface area contributed by atoms with Crippen LogP contribution in [-0.2, 0) is 19.6 Å². The van der Waals surface area contributed by atoms with E-state index in [1.165, 1.54) is 16.1 Å². The third-order valence-corrected chi connectivity index (χ3v) is 8.70. The van der Waals surface area contributed by atoms with Crippen LogP contribution in [0.5, 0.6) is 0 Å². The Morgan fingerprint density at radius 3 is 2.59 bits per heavy atom. The van der Waals surface area contributed by atoms with Crippen molar-refractivity contribution in [3.8, 4) is 11.4 Å².